The molecule has 0 fully saturated rings. The Hall–Kier alpha value is -1.85. The zero-order valence-electron chi connectivity index (χ0n) is 12.0. The predicted molar refractivity (Wildman–Crippen MR) is 93.9 cm³/mol. The van der Waals surface area contributed by atoms with Crippen LogP contribution in [0.5, 0.6) is 0 Å². The lowest BCUT2D eigenvalue weighted by atomic mass is 10.1. The van der Waals surface area contributed by atoms with Gasteiger partial charge in [-0.1, -0.05) is 65.6 Å². The molecule has 2 aromatic carbocycles. The maximum atomic E-state index is 4.34. The van der Waals surface area contributed by atoms with Gasteiger partial charge >= 0.3 is 0 Å². The highest BCUT2D eigenvalue weighted by Gasteiger charge is 2.11. The second kappa shape index (κ2) is 6.10. The van der Waals surface area contributed by atoms with Crippen molar-refractivity contribution in [1.29, 1.82) is 0 Å². The van der Waals surface area contributed by atoms with E-state index in [-0.39, 0.29) is 0 Å². The fraction of sp³-hybridized carbons (Fsp3) is 0.176. The lowest BCUT2D eigenvalue weighted by Gasteiger charge is -2.01. The summed E-state index contributed by atoms with van der Waals surface area (Å²) in [4.78, 5) is 0.978. The molecule has 0 aliphatic carbocycles. The van der Waals surface area contributed by atoms with E-state index < -0.39 is 0 Å². The summed E-state index contributed by atoms with van der Waals surface area (Å²) in [6.07, 6.45) is 2.26. The van der Waals surface area contributed by atoms with E-state index >= 15 is 0 Å². The van der Waals surface area contributed by atoms with Crippen molar-refractivity contribution in [3.63, 3.8) is 0 Å². The summed E-state index contributed by atoms with van der Waals surface area (Å²) in [6, 6.07) is 19.0. The molecular formula is C17H15N3S2. The van der Waals surface area contributed by atoms with Crippen molar-refractivity contribution in [3.8, 4) is 0 Å². The first kappa shape index (κ1) is 13.8. The summed E-state index contributed by atoms with van der Waals surface area (Å²) in [5.41, 5.74) is 2.61. The van der Waals surface area contributed by atoms with Gasteiger partial charge in [0.15, 0.2) is 5.16 Å². The third kappa shape index (κ3) is 2.62. The van der Waals surface area contributed by atoms with E-state index in [0.717, 1.165) is 28.7 Å². The van der Waals surface area contributed by atoms with E-state index in [2.05, 4.69) is 69.2 Å². The SMILES string of the molecule is c1ccc(CCCSc2nnc3sc4ccccc4n23)cc1. The number of thioether (sulfide) groups is 1. The van der Waals surface area contributed by atoms with Crippen molar-refractivity contribution >= 4 is 38.3 Å². The first-order valence-electron chi connectivity index (χ1n) is 7.31. The van der Waals surface area contributed by atoms with Crippen molar-refractivity contribution in [2.75, 3.05) is 5.75 Å². The van der Waals surface area contributed by atoms with Crippen molar-refractivity contribution in [3.05, 3.63) is 60.2 Å². The monoisotopic (exact) mass is 325 g/mol. The van der Waals surface area contributed by atoms with E-state index in [1.165, 1.54) is 15.8 Å². The Kier molecular flexibility index (Phi) is 3.83. The summed E-state index contributed by atoms with van der Waals surface area (Å²) in [5, 5.41) is 9.64. The number of aromatic nitrogens is 3. The van der Waals surface area contributed by atoms with Crippen LogP contribution in [0.15, 0.2) is 59.8 Å². The van der Waals surface area contributed by atoms with Crippen LogP contribution in [0.4, 0.5) is 0 Å². The van der Waals surface area contributed by atoms with E-state index in [9.17, 15) is 0 Å². The minimum absolute atomic E-state index is 0.978. The molecule has 0 radical (unpaired) electrons. The molecular weight excluding hydrogens is 310 g/mol. The Balaban J connectivity index is 1.48. The molecule has 0 atom stereocenters. The first-order valence-corrected chi connectivity index (χ1v) is 9.11. The summed E-state index contributed by atoms with van der Waals surface area (Å²) < 4.78 is 3.44. The topological polar surface area (TPSA) is 30.2 Å². The van der Waals surface area contributed by atoms with E-state index in [1.54, 1.807) is 23.1 Å². The zero-order chi connectivity index (χ0) is 14.8. The normalized spacial score (nSPS) is 11.5. The van der Waals surface area contributed by atoms with Crippen LogP contribution < -0.4 is 0 Å². The second-order valence-electron chi connectivity index (χ2n) is 5.11. The van der Waals surface area contributed by atoms with Crippen LogP contribution in [0.3, 0.4) is 0 Å². The quantitative estimate of drug-likeness (QED) is 0.394. The van der Waals surface area contributed by atoms with Gasteiger partial charge in [-0.25, -0.2) is 0 Å². The van der Waals surface area contributed by atoms with Crippen LogP contribution in [-0.2, 0) is 6.42 Å². The van der Waals surface area contributed by atoms with E-state index in [4.69, 9.17) is 0 Å². The van der Waals surface area contributed by atoms with Crippen molar-refractivity contribution in [2.45, 2.75) is 18.0 Å². The molecule has 0 N–H and O–H groups in total. The number of hydrogen-bond acceptors (Lipinski definition) is 4. The summed E-state index contributed by atoms with van der Waals surface area (Å²) in [7, 11) is 0. The van der Waals surface area contributed by atoms with Gasteiger partial charge in [-0.3, -0.25) is 4.40 Å². The Morgan fingerprint density at radius 2 is 1.77 bits per heavy atom. The van der Waals surface area contributed by atoms with Crippen LogP contribution >= 0.6 is 23.1 Å². The fourth-order valence-corrected chi connectivity index (χ4v) is 4.44. The zero-order valence-corrected chi connectivity index (χ0v) is 13.6. The Labute approximate surface area is 137 Å². The second-order valence-corrected chi connectivity index (χ2v) is 7.18. The van der Waals surface area contributed by atoms with Crippen molar-refractivity contribution in [1.82, 2.24) is 14.6 Å². The number of para-hydroxylation sites is 1. The van der Waals surface area contributed by atoms with Crippen molar-refractivity contribution < 1.29 is 0 Å². The molecule has 0 bridgehead atoms. The molecule has 0 spiro atoms. The van der Waals surface area contributed by atoms with E-state index in [1.807, 2.05) is 0 Å². The molecule has 0 unspecified atom stereocenters. The molecule has 0 saturated heterocycles. The van der Waals surface area contributed by atoms with Gasteiger partial charge in [0.25, 0.3) is 0 Å². The maximum absolute atomic E-state index is 4.34. The number of nitrogens with zero attached hydrogens (tertiary/aromatic N) is 3. The molecule has 2 aromatic heterocycles. The number of thiazole rings is 1. The summed E-state index contributed by atoms with van der Waals surface area (Å²) in [6.45, 7) is 0. The molecule has 2 heterocycles. The molecule has 22 heavy (non-hydrogen) atoms. The van der Waals surface area contributed by atoms with Crippen LogP contribution in [-0.4, -0.2) is 20.4 Å². The molecule has 0 aliphatic rings. The molecule has 4 rings (SSSR count). The van der Waals surface area contributed by atoms with Gasteiger partial charge in [0.2, 0.25) is 4.96 Å². The van der Waals surface area contributed by atoms with Crippen LogP contribution in [0.1, 0.15) is 12.0 Å². The minimum Gasteiger partial charge on any atom is -0.260 e. The molecule has 0 aliphatic heterocycles. The average Bonchev–Trinajstić information content (AvgIpc) is 3.12. The maximum Gasteiger partial charge on any atom is 0.217 e. The average molecular weight is 325 g/mol. The Bertz CT molecular complexity index is 896. The number of hydrogen-bond donors (Lipinski definition) is 0. The van der Waals surface area contributed by atoms with E-state index in [0.29, 0.717) is 0 Å². The van der Waals surface area contributed by atoms with Crippen LogP contribution in [0.25, 0.3) is 15.2 Å². The van der Waals surface area contributed by atoms with Gasteiger partial charge in [-0.2, -0.15) is 0 Å². The molecule has 0 saturated carbocycles. The minimum atomic E-state index is 0.978. The lowest BCUT2D eigenvalue weighted by molar-refractivity contribution is 0.910. The Morgan fingerprint density at radius 3 is 2.68 bits per heavy atom. The lowest BCUT2D eigenvalue weighted by Crippen LogP contribution is -1.90. The van der Waals surface area contributed by atoms with Gasteiger partial charge < -0.3 is 0 Å². The predicted octanol–water partition coefficient (Wildman–Crippen LogP) is 4.67. The standard InChI is InChI=1S/C17H15N3S2/c1-2-7-13(8-3-1)9-6-12-21-16-18-19-17-20(16)14-10-4-5-11-15(14)22-17/h1-5,7-8,10-11H,6,9,12H2. The number of fused-ring (bicyclic) bond motifs is 3. The molecule has 4 aromatic rings. The highest BCUT2D eigenvalue weighted by Crippen LogP contribution is 2.29. The third-order valence-corrected chi connectivity index (χ3v) is 5.62. The highest BCUT2D eigenvalue weighted by atomic mass is 32.2. The molecule has 110 valence electrons. The highest BCUT2D eigenvalue weighted by molar-refractivity contribution is 7.99. The number of rotatable bonds is 5. The summed E-state index contributed by atoms with van der Waals surface area (Å²) >= 11 is 3.49. The smallest absolute Gasteiger partial charge is 0.217 e. The first-order chi connectivity index (χ1) is 10.9. The van der Waals surface area contributed by atoms with Gasteiger partial charge in [-0.15, -0.1) is 10.2 Å². The summed E-state index contributed by atoms with van der Waals surface area (Å²) in [5.74, 6) is 1.06. The Morgan fingerprint density at radius 1 is 0.955 bits per heavy atom. The molecule has 3 nitrogen and oxygen atoms in total. The van der Waals surface area contributed by atoms with Gasteiger partial charge in [0, 0.05) is 5.75 Å². The van der Waals surface area contributed by atoms with Crippen LogP contribution in [0.2, 0.25) is 0 Å². The number of benzene rings is 2. The number of aryl methyl sites for hydroxylation is 1. The van der Waals surface area contributed by atoms with Gasteiger partial charge in [0.1, 0.15) is 0 Å². The van der Waals surface area contributed by atoms with Gasteiger partial charge in [-0.05, 0) is 30.5 Å². The van der Waals surface area contributed by atoms with Crippen molar-refractivity contribution in [2.24, 2.45) is 0 Å². The largest absolute Gasteiger partial charge is 0.260 e. The molecule has 0 amide bonds. The fourth-order valence-electron chi connectivity index (χ4n) is 2.53. The van der Waals surface area contributed by atoms with Crippen LogP contribution in [0, 0.1) is 0 Å². The molecule has 5 heteroatoms. The third-order valence-electron chi connectivity index (χ3n) is 3.59. The van der Waals surface area contributed by atoms with Gasteiger partial charge in [0.05, 0.1) is 10.2 Å².